The molecule has 1 amide bonds. The number of hydrogen-bond acceptors (Lipinski definition) is 1. The van der Waals surface area contributed by atoms with Crippen LogP contribution in [0.5, 0.6) is 0 Å². The standard InChI is InChI=1S/C16H17NO/c1-12-8-9-15(14-7-3-2-6-13(12)14)16(18)17-10-4-5-11-17/h2-3,6-9H,4-5,10-11H2,1H3. The van der Waals surface area contributed by atoms with Crippen molar-refractivity contribution >= 4 is 16.7 Å². The highest BCUT2D eigenvalue weighted by atomic mass is 16.2. The molecule has 1 fully saturated rings. The van der Waals surface area contributed by atoms with Gasteiger partial charge in [0.25, 0.3) is 5.91 Å². The second kappa shape index (κ2) is 4.45. The fraction of sp³-hybridized carbons (Fsp3) is 0.312. The third-order valence-electron chi connectivity index (χ3n) is 3.77. The van der Waals surface area contributed by atoms with Crippen molar-refractivity contribution in [3.8, 4) is 0 Å². The fourth-order valence-corrected chi connectivity index (χ4v) is 2.73. The van der Waals surface area contributed by atoms with E-state index in [1.165, 1.54) is 10.9 Å². The topological polar surface area (TPSA) is 20.3 Å². The van der Waals surface area contributed by atoms with E-state index in [4.69, 9.17) is 0 Å². The minimum absolute atomic E-state index is 0.184. The highest BCUT2D eigenvalue weighted by molar-refractivity contribution is 6.07. The van der Waals surface area contributed by atoms with Gasteiger partial charge in [0, 0.05) is 18.7 Å². The van der Waals surface area contributed by atoms with E-state index in [1.807, 2.05) is 35.2 Å². The molecule has 0 saturated carbocycles. The molecule has 1 aliphatic heterocycles. The highest BCUT2D eigenvalue weighted by Crippen LogP contribution is 2.24. The Kier molecular flexibility index (Phi) is 2.78. The van der Waals surface area contributed by atoms with Gasteiger partial charge in [-0.1, -0.05) is 30.3 Å². The van der Waals surface area contributed by atoms with E-state index < -0.39 is 0 Å². The molecule has 2 aromatic carbocycles. The quantitative estimate of drug-likeness (QED) is 0.747. The molecule has 2 heteroatoms. The molecule has 18 heavy (non-hydrogen) atoms. The van der Waals surface area contributed by atoms with Gasteiger partial charge in [-0.3, -0.25) is 4.79 Å². The van der Waals surface area contributed by atoms with Crippen molar-refractivity contribution in [3.63, 3.8) is 0 Å². The third-order valence-corrected chi connectivity index (χ3v) is 3.77. The van der Waals surface area contributed by atoms with Crippen LogP contribution in [0.15, 0.2) is 36.4 Å². The van der Waals surface area contributed by atoms with Gasteiger partial charge >= 0.3 is 0 Å². The first-order valence-corrected chi connectivity index (χ1v) is 6.55. The van der Waals surface area contributed by atoms with Gasteiger partial charge in [0.15, 0.2) is 0 Å². The summed E-state index contributed by atoms with van der Waals surface area (Å²) >= 11 is 0. The molecule has 0 aliphatic carbocycles. The summed E-state index contributed by atoms with van der Waals surface area (Å²) in [6.45, 7) is 3.90. The highest BCUT2D eigenvalue weighted by Gasteiger charge is 2.21. The van der Waals surface area contributed by atoms with Crippen molar-refractivity contribution in [2.24, 2.45) is 0 Å². The first-order valence-electron chi connectivity index (χ1n) is 6.55. The number of carbonyl (C=O) groups excluding carboxylic acids is 1. The van der Waals surface area contributed by atoms with E-state index >= 15 is 0 Å². The summed E-state index contributed by atoms with van der Waals surface area (Å²) in [6.07, 6.45) is 2.27. The summed E-state index contributed by atoms with van der Waals surface area (Å²) < 4.78 is 0. The number of aryl methyl sites for hydroxylation is 1. The smallest absolute Gasteiger partial charge is 0.254 e. The van der Waals surface area contributed by atoms with Gasteiger partial charge in [-0.15, -0.1) is 0 Å². The summed E-state index contributed by atoms with van der Waals surface area (Å²) in [5.41, 5.74) is 2.07. The second-order valence-corrected chi connectivity index (χ2v) is 4.97. The van der Waals surface area contributed by atoms with E-state index in [2.05, 4.69) is 13.0 Å². The number of rotatable bonds is 1. The zero-order valence-corrected chi connectivity index (χ0v) is 10.6. The van der Waals surface area contributed by atoms with Crippen LogP contribution in [0.25, 0.3) is 10.8 Å². The second-order valence-electron chi connectivity index (χ2n) is 4.97. The van der Waals surface area contributed by atoms with Crippen molar-refractivity contribution in [3.05, 3.63) is 47.5 Å². The van der Waals surface area contributed by atoms with Crippen molar-refractivity contribution in [2.75, 3.05) is 13.1 Å². The Bertz CT molecular complexity index is 597. The molecule has 92 valence electrons. The summed E-state index contributed by atoms with van der Waals surface area (Å²) in [5.74, 6) is 0.184. The van der Waals surface area contributed by atoms with Crippen LogP contribution in [0.4, 0.5) is 0 Å². The average Bonchev–Trinajstić information content (AvgIpc) is 2.93. The zero-order valence-electron chi connectivity index (χ0n) is 10.6. The third kappa shape index (κ3) is 1.78. The number of benzene rings is 2. The molecule has 0 atom stereocenters. The van der Waals surface area contributed by atoms with Crippen LogP contribution >= 0.6 is 0 Å². The van der Waals surface area contributed by atoms with Crippen LogP contribution < -0.4 is 0 Å². The lowest BCUT2D eigenvalue weighted by Gasteiger charge is -2.17. The monoisotopic (exact) mass is 239 g/mol. The molecular formula is C16H17NO. The van der Waals surface area contributed by atoms with Gasteiger partial charge in [-0.05, 0) is 42.2 Å². The van der Waals surface area contributed by atoms with Gasteiger partial charge in [0.05, 0.1) is 0 Å². The molecule has 0 spiro atoms. The number of nitrogens with zero attached hydrogens (tertiary/aromatic N) is 1. The fourth-order valence-electron chi connectivity index (χ4n) is 2.73. The van der Waals surface area contributed by atoms with Crippen LogP contribution in [0.1, 0.15) is 28.8 Å². The Balaban J connectivity index is 2.11. The summed E-state index contributed by atoms with van der Waals surface area (Å²) in [5, 5.41) is 2.26. The minimum Gasteiger partial charge on any atom is -0.339 e. The minimum atomic E-state index is 0.184. The van der Waals surface area contributed by atoms with Crippen LogP contribution in [0.3, 0.4) is 0 Å². The Hall–Kier alpha value is -1.83. The van der Waals surface area contributed by atoms with Gasteiger partial charge < -0.3 is 4.90 Å². The van der Waals surface area contributed by atoms with Crippen LogP contribution in [-0.2, 0) is 0 Å². The molecule has 2 nitrogen and oxygen atoms in total. The Morgan fingerprint density at radius 3 is 2.39 bits per heavy atom. The SMILES string of the molecule is Cc1ccc(C(=O)N2CCCC2)c2ccccc12. The number of amides is 1. The van der Waals surface area contributed by atoms with Crippen molar-refractivity contribution in [2.45, 2.75) is 19.8 Å². The van der Waals surface area contributed by atoms with Crippen molar-refractivity contribution < 1.29 is 4.79 Å². The number of likely N-dealkylation sites (tertiary alicyclic amines) is 1. The first kappa shape index (κ1) is 11.3. The average molecular weight is 239 g/mol. The van der Waals surface area contributed by atoms with Gasteiger partial charge in [-0.2, -0.15) is 0 Å². The van der Waals surface area contributed by atoms with E-state index in [0.29, 0.717) is 0 Å². The lowest BCUT2D eigenvalue weighted by Crippen LogP contribution is -2.27. The molecule has 1 saturated heterocycles. The molecule has 0 unspecified atom stereocenters. The molecule has 0 N–H and O–H groups in total. The van der Waals surface area contributed by atoms with E-state index in [0.717, 1.165) is 36.9 Å². The number of fused-ring (bicyclic) bond motifs is 1. The Morgan fingerprint density at radius 2 is 1.67 bits per heavy atom. The predicted molar refractivity (Wildman–Crippen MR) is 73.8 cm³/mol. The van der Waals surface area contributed by atoms with Crippen molar-refractivity contribution in [1.82, 2.24) is 4.90 Å². The molecule has 1 heterocycles. The molecule has 0 aromatic heterocycles. The molecule has 2 aromatic rings. The maximum Gasteiger partial charge on any atom is 0.254 e. The van der Waals surface area contributed by atoms with Crippen LogP contribution in [0.2, 0.25) is 0 Å². The zero-order chi connectivity index (χ0) is 12.5. The Morgan fingerprint density at radius 1 is 1.00 bits per heavy atom. The lowest BCUT2D eigenvalue weighted by molar-refractivity contribution is 0.0795. The first-order chi connectivity index (χ1) is 8.77. The molecule has 0 bridgehead atoms. The van der Waals surface area contributed by atoms with Gasteiger partial charge in [0.2, 0.25) is 0 Å². The molecular weight excluding hydrogens is 222 g/mol. The van der Waals surface area contributed by atoms with Crippen LogP contribution in [0, 0.1) is 6.92 Å². The van der Waals surface area contributed by atoms with Crippen molar-refractivity contribution in [1.29, 1.82) is 0 Å². The van der Waals surface area contributed by atoms with Gasteiger partial charge in [-0.25, -0.2) is 0 Å². The lowest BCUT2D eigenvalue weighted by atomic mass is 9.99. The van der Waals surface area contributed by atoms with Crippen LogP contribution in [-0.4, -0.2) is 23.9 Å². The summed E-state index contributed by atoms with van der Waals surface area (Å²) in [6, 6.07) is 12.2. The normalized spacial score (nSPS) is 15.3. The number of carbonyl (C=O) groups is 1. The van der Waals surface area contributed by atoms with E-state index in [9.17, 15) is 4.79 Å². The molecule has 3 rings (SSSR count). The molecule has 1 aliphatic rings. The largest absolute Gasteiger partial charge is 0.339 e. The van der Waals surface area contributed by atoms with E-state index in [-0.39, 0.29) is 5.91 Å². The summed E-state index contributed by atoms with van der Waals surface area (Å²) in [4.78, 5) is 14.5. The predicted octanol–water partition coefficient (Wildman–Crippen LogP) is 3.38. The molecule has 0 radical (unpaired) electrons. The van der Waals surface area contributed by atoms with E-state index in [1.54, 1.807) is 0 Å². The Labute approximate surface area is 107 Å². The van der Waals surface area contributed by atoms with Gasteiger partial charge in [0.1, 0.15) is 0 Å². The maximum absolute atomic E-state index is 12.5. The summed E-state index contributed by atoms with van der Waals surface area (Å²) in [7, 11) is 0. The number of hydrogen-bond donors (Lipinski definition) is 0. The maximum atomic E-state index is 12.5.